The first-order valence-electron chi connectivity index (χ1n) is 6.27. The Morgan fingerprint density at radius 1 is 1.32 bits per heavy atom. The Morgan fingerprint density at radius 2 is 2.05 bits per heavy atom. The van der Waals surface area contributed by atoms with Crippen LogP contribution in [0.4, 0.5) is 0 Å². The monoisotopic (exact) mass is 280 g/mol. The summed E-state index contributed by atoms with van der Waals surface area (Å²) in [6.07, 6.45) is 0. The summed E-state index contributed by atoms with van der Waals surface area (Å²) < 4.78 is 5.32. The molecule has 1 aromatic heterocycles. The van der Waals surface area contributed by atoms with Crippen LogP contribution in [-0.4, -0.2) is 34.9 Å². The molecule has 2 aromatic rings. The van der Waals surface area contributed by atoms with Crippen molar-refractivity contribution >= 4 is 11.6 Å². The number of likely N-dealkylation sites (N-methyl/N-ethyl adjacent to an activating group) is 1. The van der Waals surface area contributed by atoms with Crippen LogP contribution in [0.5, 0.6) is 0 Å². The third kappa shape index (κ3) is 3.80. The van der Waals surface area contributed by atoms with E-state index in [0.717, 1.165) is 23.6 Å². The van der Waals surface area contributed by atoms with Crippen LogP contribution >= 0.6 is 11.6 Å². The highest BCUT2D eigenvalue weighted by atomic mass is 35.5. The predicted octanol–water partition coefficient (Wildman–Crippen LogP) is 2.81. The van der Waals surface area contributed by atoms with Gasteiger partial charge in [0.1, 0.15) is 5.69 Å². The maximum atomic E-state index is 8.95. The number of rotatable bonds is 6. The highest BCUT2D eigenvalue weighted by Crippen LogP contribution is 2.21. The van der Waals surface area contributed by atoms with E-state index in [1.165, 1.54) is 0 Å². The molecule has 0 unspecified atom stereocenters. The highest BCUT2D eigenvalue weighted by Gasteiger charge is 2.10. The van der Waals surface area contributed by atoms with Crippen LogP contribution in [0.3, 0.4) is 0 Å². The topological polar surface area (TPSA) is 49.5 Å². The fourth-order valence-electron chi connectivity index (χ4n) is 1.85. The number of hydrogen-bond acceptors (Lipinski definition) is 4. The Morgan fingerprint density at radius 3 is 2.68 bits per heavy atom. The Bertz CT molecular complexity index is 510. The molecule has 1 heterocycles. The fraction of sp³-hybridized carbons (Fsp3) is 0.357. The van der Waals surface area contributed by atoms with E-state index in [2.05, 4.69) is 10.1 Å². The second kappa shape index (κ2) is 6.70. The molecule has 0 amide bonds. The van der Waals surface area contributed by atoms with Gasteiger partial charge < -0.3 is 9.63 Å². The van der Waals surface area contributed by atoms with Crippen molar-refractivity contribution in [2.24, 2.45) is 0 Å². The van der Waals surface area contributed by atoms with Crippen molar-refractivity contribution in [3.05, 3.63) is 41.1 Å². The van der Waals surface area contributed by atoms with E-state index >= 15 is 0 Å². The Labute approximate surface area is 117 Å². The minimum Gasteiger partial charge on any atom is -0.395 e. The summed E-state index contributed by atoms with van der Waals surface area (Å²) in [6, 6.07) is 9.40. The standard InChI is InChI=1S/C14H17ClN2O2/c1-2-17(7-8-18)10-13-9-14(16-19-13)11-3-5-12(15)6-4-11/h3-6,9,18H,2,7-8,10H2,1H3. The zero-order valence-electron chi connectivity index (χ0n) is 10.8. The van der Waals surface area contributed by atoms with Gasteiger partial charge in [-0.1, -0.05) is 35.8 Å². The normalized spacial score (nSPS) is 11.2. The van der Waals surface area contributed by atoms with Crippen LogP contribution in [0.25, 0.3) is 11.3 Å². The quantitative estimate of drug-likeness (QED) is 0.884. The van der Waals surface area contributed by atoms with Gasteiger partial charge in [-0.25, -0.2) is 0 Å². The van der Waals surface area contributed by atoms with Gasteiger partial charge >= 0.3 is 0 Å². The summed E-state index contributed by atoms with van der Waals surface area (Å²) in [7, 11) is 0. The number of hydrogen-bond donors (Lipinski definition) is 1. The van der Waals surface area contributed by atoms with Crippen molar-refractivity contribution < 1.29 is 9.63 Å². The van der Waals surface area contributed by atoms with E-state index < -0.39 is 0 Å². The maximum Gasteiger partial charge on any atom is 0.151 e. The minimum atomic E-state index is 0.145. The first-order valence-corrected chi connectivity index (χ1v) is 6.65. The Kier molecular flexibility index (Phi) is 4.96. The molecule has 0 saturated carbocycles. The Hall–Kier alpha value is -1.36. The van der Waals surface area contributed by atoms with Gasteiger partial charge in [-0.15, -0.1) is 0 Å². The van der Waals surface area contributed by atoms with Crippen LogP contribution in [0.2, 0.25) is 5.02 Å². The van der Waals surface area contributed by atoms with E-state index in [-0.39, 0.29) is 6.61 Å². The predicted molar refractivity (Wildman–Crippen MR) is 75.0 cm³/mol. The third-order valence-electron chi connectivity index (χ3n) is 2.94. The number of aliphatic hydroxyl groups excluding tert-OH is 1. The highest BCUT2D eigenvalue weighted by molar-refractivity contribution is 6.30. The van der Waals surface area contributed by atoms with Gasteiger partial charge in [0, 0.05) is 23.2 Å². The lowest BCUT2D eigenvalue weighted by molar-refractivity contribution is 0.182. The molecule has 0 fully saturated rings. The summed E-state index contributed by atoms with van der Waals surface area (Å²) in [5, 5.41) is 13.7. The summed E-state index contributed by atoms with van der Waals surface area (Å²) in [4.78, 5) is 2.09. The number of nitrogens with zero attached hydrogens (tertiary/aromatic N) is 2. The lowest BCUT2D eigenvalue weighted by Crippen LogP contribution is -2.25. The third-order valence-corrected chi connectivity index (χ3v) is 3.19. The smallest absolute Gasteiger partial charge is 0.151 e. The fourth-order valence-corrected chi connectivity index (χ4v) is 1.98. The summed E-state index contributed by atoms with van der Waals surface area (Å²) >= 11 is 5.85. The van der Waals surface area contributed by atoms with E-state index in [9.17, 15) is 0 Å². The second-order valence-electron chi connectivity index (χ2n) is 4.28. The van der Waals surface area contributed by atoms with Crippen LogP contribution in [0.15, 0.2) is 34.9 Å². The molecule has 102 valence electrons. The lowest BCUT2D eigenvalue weighted by atomic mass is 10.1. The van der Waals surface area contributed by atoms with E-state index in [1.54, 1.807) is 0 Å². The number of benzene rings is 1. The molecule has 1 aromatic carbocycles. The van der Waals surface area contributed by atoms with Gasteiger partial charge in [0.05, 0.1) is 13.2 Å². The van der Waals surface area contributed by atoms with Crippen LogP contribution < -0.4 is 0 Å². The molecule has 19 heavy (non-hydrogen) atoms. The van der Waals surface area contributed by atoms with Crippen molar-refractivity contribution in [1.82, 2.24) is 10.1 Å². The molecular weight excluding hydrogens is 264 g/mol. The van der Waals surface area contributed by atoms with Gasteiger partial charge in [0.25, 0.3) is 0 Å². The minimum absolute atomic E-state index is 0.145. The molecule has 0 aliphatic carbocycles. The largest absolute Gasteiger partial charge is 0.395 e. The van der Waals surface area contributed by atoms with Crippen molar-refractivity contribution in [2.45, 2.75) is 13.5 Å². The maximum absolute atomic E-state index is 8.95. The molecule has 0 aliphatic heterocycles. The lowest BCUT2D eigenvalue weighted by Gasteiger charge is -2.16. The first kappa shape index (κ1) is 14.1. The van der Waals surface area contributed by atoms with E-state index in [0.29, 0.717) is 18.1 Å². The summed E-state index contributed by atoms with van der Waals surface area (Å²) in [5.41, 5.74) is 1.77. The van der Waals surface area contributed by atoms with Crippen molar-refractivity contribution in [3.8, 4) is 11.3 Å². The molecule has 0 spiro atoms. The second-order valence-corrected chi connectivity index (χ2v) is 4.71. The van der Waals surface area contributed by atoms with Crippen LogP contribution in [0, 0.1) is 0 Å². The molecule has 0 atom stereocenters. The average Bonchev–Trinajstić information content (AvgIpc) is 2.87. The van der Waals surface area contributed by atoms with Gasteiger partial charge in [-0.3, -0.25) is 4.90 Å². The zero-order valence-corrected chi connectivity index (χ0v) is 11.6. The van der Waals surface area contributed by atoms with Gasteiger partial charge in [0.2, 0.25) is 0 Å². The molecule has 1 N–H and O–H groups in total. The van der Waals surface area contributed by atoms with Gasteiger partial charge in [0.15, 0.2) is 5.76 Å². The van der Waals surface area contributed by atoms with E-state index in [1.807, 2.05) is 37.3 Å². The first-order chi connectivity index (χ1) is 9.22. The summed E-state index contributed by atoms with van der Waals surface area (Å²) in [5.74, 6) is 0.792. The van der Waals surface area contributed by atoms with Crippen molar-refractivity contribution in [2.75, 3.05) is 19.7 Å². The number of aromatic nitrogens is 1. The summed E-state index contributed by atoms with van der Waals surface area (Å²) in [6.45, 7) is 4.33. The molecule has 0 aliphatic rings. The van der Waals surface area contributed by atoms with Gasteiger partial charge in [-0.05, 0) is 18.7 Å². The van der Waals surface area contributed by atoms with Crippen LogP contribution in [-0.2, 0) is 6.54 Å². The Balaban J connectivity index is 2.08. The molecule has 0 radical (unpaired) electrons. The number of halogens is 1. The molecule has 2 rings (SSSR count). The van der Waals surface area contributed by atoms with Crippen molar-refractivity contribution in [3.63, 3.8) is 0 Å². The average molecular weight is 281 g/mol. The van der Waals surface area contributed by atoms with Crippen molar-refractivity contribution in [1.29, 1.82) is 0 Å². The van der Waals surface area contributed by atoms with E-state index in [4.69, 9.17) is 21.2 Å². The van der Waals surface area contributed by atoms with Gasteiger partial charge in [-0.2, -0.15) is 0 Å². The number of aliphatic hydroxyl groups is 1. The molecule has 4 nitrogen and oxygen atoms in total. The van der Waals surface area contributed by atoms with Crippen LogP contribution in [0.1, 0.15) is 12.7 Å². The molecule has 0 saturated heterocycles. The molecule has 5 heteroatoms. The zero-order chi connectivity index (χ0) is 13.7. The molecule has 0 bridgehead atoms. The molecular formula is C14H17ClN2O2. The SMILES string of the molecule is CCN(CCO)Cc1cc(-c2ccc(Cl)cc2)no1.